The lowest BCUT2D eigenvalue weighted by atomic mass is 10.0. The molecule has 0 spiro atoms. The molecule has 2 fully saturated rings. The van der Waals surface area contributed by atoms with Crippen molar-refractivity contribution in [1.82, 2.24) is 35.1 Å². The zero-order valence-corrected chi connectivity index (χ0v) is 35.2. The molecule has 2 aliphatic rings. The molecule has 63 heavy (non-hydrogen) atoms. The van der Waals surface area contributed by atoms with Crippen molar-refractivity contribution >= 4 is 24.0 Å². The number of benzene rings is 4. The summed E-state index contributed by atoms with van der Waals surface area (Å²) in [6, 6.07) is 32.4. The number of aromatic amines is 2. The Kier molecular flexibility index (Phi) is 12.8. The number of rotatable bonds is 14. The molecular formula is C48H50N8O7. The number of hydrogen-bond acceptors (Lipinski definition) is 9. The largest absolute Gasteiger partial charge is 0.489 e. The Labute approximate surface area is 365 Å². The lowest BCUT2D eigenvalue weighted by Gasteiger charge is -2.27. The minimum absolute atomic E-state index is 0.161. The highest BCUT2D eigenvalue weighted by Gasteiger charge is 2.38. The van der Waals surface area contributed by atoms with Crippen LogP contribution in [-0.4, -0.2) is 86.1 Å². The molecule has 5 N–H and O–H groups in total. The van der Waals surface area contributed by atoms with Crippen LogP contribution in [0.4, 0.5) is 9.59 Å². The number of ether oxygens (including phenoxy) is 3. The average Bonchev–Trinajstić information content (AvgIpc) is 4.16. The first-order valence-electron chi connectivity index (χ1n) is 21.1. The summed E-state index contributed by atoms with van der Waals surface area (Å²) in [5.41, 5.74) is 12.9. The van der Waals surface area contributed by atoms with Gasteiger partial charge < -0.3 is 45.0 Å². The van der Waals surface area contributed by atoms with Crippen LogP contribution in [0.25, 0.3) is 33.6 Å². The molecule has 324 valence electrons. The summed E-state index contributed by atoms with van der Waals surface area (Å²) in [4.78, 5) is 70.4. The van der Waals surface area contributed by atoms with E-state index in [-0.39, 0.29) is 30.3 Å². The molecule has 4 atom stereocenters. The van der Waals surface area contributed by atoms with Gasteiger partial charge in [-0.2, -0.15) is 0 Å². The van der Waals surface area contributed by atoms with E-state index in [9.17, 15) is 19.2 Å². The lowest BCUT2D eigenvalue weighted by molar-refractivity contribution is -0.141. The Morgan fingerprint density at radius 1 is 0.714 bits per heavy atom. The summed E-state index contributed by atoms with van der Waals surface area (Å²) in [5.74, 6) is 1.55. The van der Waals surface area contributed by atoms with Crippen molar-refractivity contribution in [2.24, 2.45) is 5.73 Å². The zero-order chi connectivity index (χ0) is 43.9. The first-order chi connectivity index (χ1) is 30.6. The Hall–Kier alpha value is -7.42. The predicted molar refractivity (Wildman–Crippen MR) is 235 cm³/mol. The van der Waals surface area contributed by atoms with E-state index in [1.54, 1.807) is 29.1 Å². The van der Waals surface area contributed by atoms with Gasteiger partial charge in [-0.25, -0.2) is 19.6 Å². The van der Waals surface area contributed by atoms with Crippen molar-refractivity contribution in [2.75, 3.05) is 20.2 Å². The molecule has 0 unspecified atom stereocenters. The standard InChI is InChI=1S/C48H50N8O7/c1-30(52-48(60)61-2)45(57)55-24-6-10-40(55)43-50-27-38(53-43)35-18-14-33(15-19-35)34-16-20-36(21-17-34)39-28-51-44(54-39)41-11-7-25-56(41)46(58)42(63-47(49)59)26-31-12-22-37(23-13-31)62-29-32-8-4-3-5-9-32/h3-5,8-9,12-23,27-28,30,40-42H,6-7,10-11,24-26,29H2,1-2H3,(H2,49,59)(H,50,53)(H,51,54)(H,52,60)/t30-,40-,41-,42-/m0/s1. The van der Waals surface area contributed by atoms with Gasteiger partial charge in [0.15, 0.2) is 6.10 Å². The number of nitrogens with two attached hydrogens (primary N) is 1. The van der Waals surface area contributed by atoms with Crippen LogP contribution >= 0.6 is 0 Å². The van der Waals surface area contributed by atoms with E-state index in [4.69, 9.17) is 20.2 Å². The fourth-order valence-corrected chi connectivity index (χ4v) is 8.35. The molecule has 2 aromatic heterocycles. The predicted octanol–water partition coefficient (Wildman–Crippen LogP) is 7.49. The Morgan fingerprint density at radius 2 is 1.24 bits per heavy atom. The number of methoxy groups -OCH3 is 1. The third-order valence-corrected chi connectivity index (χ3v) is 11.6. The van der Waals surface area contributed by atoms with Gasteiger partial charge in [-0.3, -0.25) is 9.59 Å². The second kappa shape index (κ2) is 19.1. The number of nitrogens with zero attached hydrogens (tertiary/aromatic N) is 4. The normalized spacial score (nSPS) is 16.9. The third kappa shape index (κ3) is 9.88. The number of imidazole rings is 2. The topological polar surface area (TPSA) is 198 Å². The van der Waals surface area contributed by atoms with Crippen LogP contribution in [0.3, 0.4) is 0 Å². The fourth-order valence-electron chi connectivity index (χ4n) is 8.35. The Balaban J connectivity index is 0.885. The van der Waals surface area contributed by atoms with Crippen molar-refractivity contribution in [3.05, 3.63) is 138 Å². The Morgan fingerprint density at radius 3 is 1.76 bits per heavy atom. The van der Waals surface area contributed by atoms with Crippen LogP contribution in [0.1, 0.15) is 67.5 Å². The van der Waals surface area contributed by atoms with E-state index in [1.165, 1.54) is 7.11 Å². The van der Waals surface area contributed by atoms with Crippen LogP contribution in [-0.2, 0) is 32.1 Å². The average molecular weight is 851 g/mol. The van der Waals surface area contributed by atoms with Crippen LogP contribution < -0.4 is 15.8 Å². The number of H-pyrrole nitrogens is 2. The maximum absolute atomic E-state index is 14.0. The van der Waals surface area contributed by atoms with Crippen LogP contribution in [0, 0.1) is 0 Å². The number of carbonyl (C=O) groups is 4. The SMILES string of the molecule is COC(=O)N[C@@H](C)C(=O)N1CCC[C@H]1c1ncc(-c2ccc(-c3ccc(-c4cnc([C@@H]5CCCN5C(=O)[C@H](Cc5ccc(OCc6ccccc6)cc5)OC(N)=O)[nH]4)cc3)cc2)[nH]1. The van der Waals surface area contributed by atoms with Gasteiger partial charge in [-0.05, 0) is 78.1 Å². The molecule has 2 aliphatic heterocycles. The maximum Gasteiger partial charge on any atom is 0.407 e. The first-order valence-corrected chi connectivity index (χ1v) is 21.1. The fraction of sp³-hybridized carbons (Fsp3) is 0.292. The number of primary amides is 1. The number of alkyl carbamates (subject to hydrolysis) is 1. The molecule has 4 amide bonds. The smallest absolute Gasteiger partial charge is 0.407 e. The summed E-state index contributed by atoms with van der Waals surface area (Å²) in [6.45, 7) is 3.16. The molecule has 4 heterocycles. The summed E-state index contributed by atoms with van der Waals surface area (Å²) < 4.78 is 16.0. The molecular weight excluding hydrogens is 801 g/mol. The highest BCUT2D eigenvalue weighted by molar-refractivity contribution is 5.86. The molecule has 0 bridgehead atoms. The van der Waals surface area contributed by atoms with Gasteiger partial charge in [0.25, 0.3) is 5.91 Å². The van der Waals surface area contributed by atoms with Crippen molar-refractivity contribution in [1.29, 1.82) is 0 Å². The lowest BCUT2D eigenvalue weighted by Crippen LogP contribution is -2.46. The molecule has 0 radical (unpaired) electrons. The number of carbonyl (C=O) groups excluding carboxylic acids is 4. The van der Waals surface area contributed by atoms with Gasteiger partial charge in [0.2, 0.25) is 5.91 Å². The van der Waals surface area contributed by atoms with Gasteiger partial charge in [0, 0.05) is 19.5 Å². The van der Waals surface area contributed by atoms with E-state index in [2.05, 4.69) is 49.3 Å². The van der Waals surface area contributed by atoms with E-state index >= 15 is 0 Å². The van der Waals surface area contributed by atoms with Crippen LogP contribution in [0.5, 0.6) is 5.75 Å². The van der Waals surface area contributed by atoms with Crippen molar-refractivity contribution in [3.8, 4) is 39.4 Å². The molecule has 0 aliphatic carbocycles. The molecule has 0 saturated carbocycles. The van der Waals surface area contributed by atoms with Crippen molar-refractivity contribution < 1.29 is 33.4 Å². The zero-order valence-electron chi connectivity index (χ0n) is 35.2. The summed E-state index contributed by atoms with van der Waals surface area (Å²) in [6.07, 6.45) is 4.06. The first kappa shape index (κ1) is 42.3. The molecule has 15 heteroatoms. The van der Waals surface area contributed by atoms with Gasteiger partial charge in [-0.1, -0.05) is 91.0 Å². The number of amides is 4. The molecule has 6 aromatic rings. The second-order valence-corrected chi connectivity index (χ2v) is 15.8. The van der Waals surface area contributed by atoms with E-state index in [0.29, 0.717) is 43.5 Å². The van der Waals surface area contributed by atoms with E-state index < -0.39 is 24.3 Å². The number of likely N-dealkylation sites (tertiary alicyclic amines) is 2. The summed E-state index contributed by atoms with van der Waals surface area (Å²) in [5, 5.41) is 2.56. The Bertz CT molecular complexity index is 2520. The van der Waals surface area contributed by atoms with Gasteiger partial charge >= 0.3 is 12.2 Å². The minimum atomic E-state index is -1.10. The van der Waals surface area contributed by atoms with E-state index in [0.717, 1.165) is 64.0 Å². The molecule has 4 aromatic carbocycles. The number of hydrogen-bond donors (Lipinski definition) is 4. The third-order valence-electron chi connectivity index (χ3n) is 11.6. The van der Waals surface area contributed by atoms with Gasteiger partial charge in [0.1, 0.15) is 30.0 Å². The van der Waals surface area contributed by atoms with Crippen LogP contribution in [0.15, 0.2) is 116 Å². The highest BCUT2D eigenvalue weighted by atomic mass is 16.6. The van der Waals surface area contributed by atoms with Gasteiger partial charge in [-0.15, -0.1) is 0 Å². The molecule has 2 saturated heterocycles. The minimum Gasteiger partial charge on any atom is -0.489 e. The summed E-state index contributed by atoms with van der Waals surface area (Å²) in [7, 11) is 1.27. The quantitative estimate of drug-likeness (QED) is 0.0858. The monoisotopic (exact) mass is 850 g/mol. The maximum atomic E-state index is 14.0. The summed E-state index contributed by atoms with van der Waals surface area (Å²) >= 11 is 0. The van der Waals surface area contributed by atoms with Crippen molar-refractivity contribution in [3.63, 3.8) is 0 Å². The highest BCUT2D eigenvalue weighted by Crippen LogP contribution is 2.35. The van der Waals surface area contributed by atoms with E-state index in [1.807, 2.05) is 78.9 Å². The molecule has 8 rings (SSSR count). The number of nitrogens with one attached hydrogen (secondary N) is 3. The van der Waals surface area contributed by atoms with Crippen molar-refractivity contribution in [2.45, 2.75) is 69.9 Å². The second-order valence-electron chi connectivity index (χ2n) is 15.8. The van der Waals surface area contributed by atoms with Crippen LogP contribution in [0.2, 0.25) is 0 Å². The van der Waals surface area contributed by atoms with Gasteiger partial charge in [0.05, 0.1) is 43.0 Å². The number of aromatic nitrogens is 4. The molecule has 15 nitrogen and oxygen atoms in total.